The maximum atomic E-state index is 12.7. The Balaban J connectivity index is 1.79. The van der Waals surface area contributed by atoms with E-state index in [1.54, 1.807) is 44.4 Å². The van der Waals surface area contributed by atoms with E-state index < -0.39 is 10.0 Å². The minimum Gasteiger partial charge on any atom is -0.497 e. The van der Waals surface area contributed by atoms with E-state index in [0.717, 1.165) is 18.4 Å². The van der Waals surface area contributed by atoms with Crippen LogP contribution in [0.3, 0.4) is 0 Å². The number of rotatable bonds is 7. The zero-order chi connectivity index (χ0) is 19.6. The predicted molar refractivity (Wildman–Crippen MR) is 105 cm³/mol. The van der Waals surface area contributed by atoms with Gasteiger partial charge in [0.25, 0.3) is 15.9 Å². The molecule has 7 heteroatoms. The van der Waals surface area contributed by atoms with Crippen LogP contribution in [0.4, 0.5) is 5.69 Å². The molecule has 1 saturated carbocycles. The first-order valence-corrected chi connectivity index (χ1v) is 10.4. The van der Waals surface area contributed by atoms with Crippen molar-refractivity contribution < 1.29 is 17.9 Å². The van der Waals surface area contributed by atoms with Crippen LogP contribution in [0.15, 0.2) is 47.4 Å². The Hall–Kier alpha value is -2.54. The molecule has 2 atom stereocenters. The Bertz CT molecular complexity index is 939. The first-order valence-electron chi connectivity index (χ1n) is 8.92. The Kier molecular flexibility index (Phi) is 5.41. The van der Waals surface area contributed by atoms with Gasteiger partial charge in [-0.1, -0.05) is 19.4 Å². The molecule has 144 valence electrons. The van der Waals surface area contributed by atoms with Crippen molar-refractivity contribution in [2.45, 2.75) is 37.6 Å². The molecule has 0 aliphatic heterocycles. The lowest BCUT2D eigenvalue weighted by Gasteiger charge is -2.12. The SMILES string of the molecule is CC[C@@H]1C[C@H]1NC(=O)c1cc(S(=O)(=O)Nc2ccc(OC)cc2)ccc1C. The number of nitrogens with one attached hydrogen (secondary N) is 2. The van der Waals surface area contributed by atoms with Crippen molar-refractivity contribution in [3.63, 3.8) is 0 Å². The van der Waals surface area contributed by atoms with E-state index in [2.05, 4.69) is 17.0 Å². The highest BCUT2D eigenvalue weighted by molar-refractivity contribution is 7.92. The van der Waals surface area contributed by atoms with Gasteiger partial charge in [-0.05, 0) is 61.2 Å². The van der Waals surface area contributed by atoms with Crippen LogP contribution in [-0.2, 0) is 10.0 Å². The van der Waals surface area contributed by atoms with Crippen molar-refractivity contribution in [1.82, 2.24) is 5.32 Å². The third-order valence-electron chi connectivity index (χ3n) is 4.87. The molecule has 0 aromatic heterocycles. The van der Waals surface area contributed by atoms with E-state index in [-0.39, 0.29) is 16.8 Å². The number of ether oxygens (including phenoxy) is 1. The van der Waals surface area contributed by atoms with Crippen LogP contribution in [0.25, 0.3) is 0 Å². The Morgan fingerprint density at radius 3 is 2.48 bits per heavy atom. The van der Waals surface area contributed by atoms with Gasteiger partial charge in [-0.2, -0.15) is 0 Å². The van der Waals surface area contributed by atoms with Crippen molar-refractivity contribution >= 4 is 21.6 Å². The van der Waals surface area contributed by atoms with Crippen LogP contribution >= 0.6 is 0 Å². The first-order chi connectivity index (χ1) is 12.8. The second kappa shape index (κ2) is 7.60. The lowest BCUT2D eigenvalue weighted by molar-refractivity contribution is 0.0948. The van der Waals surface area contributed by atoms with Gasteiger partial charge in [0.1, 0.15) is 5.75 Å². The molecule has 2 aromatic rings. The summed E-state index contributed by atoms with van der Waals surface area (Å²) in [6.45, 7) is 3.90. The first kappa shape index (κ1) is 19.2. The molecule has 1 aliphatic carbocycles. The molecule has 1 amide bonds. The molecular weight excluding hydrogens is 364 g/mol. The molecule has 0 radical (unpaired) electrons. The van der Waals surface area contributed by atoms with E-state index in [0.29, 0.717) is 22.9 Å². The number of methoxy groups -OCH3 is 1. The van der Waals surface area contributed by atoms with Crippen molar-refractivity contribution in [2.24, 2.45) is 5.92 Å². The summed E-state index contributed by atoms with van der Waals surface area (Å²) in [5.41, 5.74) is 1.55. The summed E-state index contributed by atoms with van der Waals surface area (Å²) < 4.78 is 33.0. The van der Waals surface area contributed by atoms with E-state index in [1.165, 1.54) is 12.1 Å². The zero-order valence-electron chi connectivity index (χ0n) is 15.7. The van der Waals surface area contributed by atoms with E-state index in [9.17, 15) is 13.2 Å². The van der Waals surface area contributed by atoms with Crippen LogP contribution in [0.5, 0.6) is 5.75 Å². The van der Waals surface area contributed by atoms with Crippen LogP contribution < -0.4 is 14.8 Å². The summed E-state index contributed by atoms with van der Waals surface area (Å²) >= 11 is 0. The van der Waals surface area contributed by atoms with Gasteiger partial charge < -0.3 is 10.1 Å². The number of amides is 1. The quantitative estimate of drug-likeness (QED) is 0.762. The number of hydrogen-bond acceptors (Lipinski definition) is 4. The largest absolute Gasteiger partial charge is 0.497 e. The third kappa shape index (κ3) is 4.42. The maximum Gasteiger partial charge on any atom is 0.261 e. The van der Waals surface area contributed by atoms with Gasteiger partial charge in [-0.25, -0.2) is 8.42 Å². The van der Waals surface area contributed by atoms with Crippen molar-refractivity contribution in [2.75, 3.05) is 11.8 Å². The summed E-state index contributed by atoms with van der Waals surface area (Å²) in [5.74, 6) is 0.936. The van der Waals surface area contributed by atoms with Gasteiger partial charge in [0.2, 0.25) is 0 Å². The molecule has 3 rings (SSSR count). The molecule has 0 bridgehead atoms. The van der Waals surface area contributed by atoms with Gasteiger partial charge in [-0.3, -0.25) is 9.52 Å². The second-order valence-corrected chi connectivity index (χ2v) is 8.48. The number of carbonyl (C=O) groups excluding carboxylic acids is 1. The average Bonchev–Trinajstić information content (AvgIpc) is 3.40. The fraction of sp³-hybridized carbons (Fsp3) is 0.350. The number of anilines is 1. The van der Waals surface area contributed by atoms with Gasteiger partial charge in [-0.15, -0.1) is 0 Å². The van der Waals surface area contributed by atoms with Gasteiger partial charge in [0.15, 0.2) is 0 Å². The third-order valence-corrected chi connectivity index (χ3v) is 6.25. The summed E-state index contributed by atoms with van der Waals surface area (Å²) in [6, 6.07) is 11.4. The highest BCUT2D eigenvalue weighted by Gasteiger charge is 2.36. The van der Waals surface area contributed by atoms with E-state index in [4.69, 9.17) is 4.74 Å². The van der Waals surface area contributed by atoms with Crippen molar-refractivity contribution in [3.8, 4) is 5.75 Å². The number of sulfonamides is 1. The molecule has 0 heterocycles. The molecule has 0 spiro atoms. The molecular formula is C20H24N2O4S. The lowest BCUT2D eigenvalue weighted by Crippen LogP contribution is -2.27. The number of benzene rings is 2. The molecule has 2 aromatic carbocycles. The summed E-state index contributed by atoms with van der Waals surface area (Å²) in [4.78, 5) is 12.6. The van der Waals surface area contributed by atoms with Crippen molar-refractivity contribution in [1.29, 1.82) is 0 Å². The molecule has 2 N–H and O–H groups in total. The highest BCUT2D eigenvalue weighted by atomic mass is 32.2. The fourth-order valence-corrected chi connectivity index (χ4v) is 4.09. The normalized spacial score (nSPS) is 18.6. The van der Waals surface area contributed by atoms with Crippen LogP contribution in [-0.4, -0.2) is 27.5 Å². The number of aryl methyl sites for hydroxylation is 1. The molecule has 0 saturated heterocycles. The van der Waals surface area contributed by atoms with Crippen LogP contribution in [0.2, 0.25) is 0 Å². The highest BCUT2D eigenvalue weighted by Crippen LogP contribution is 2.33. The van der Waals surface area contributed by atoms with Crippen LogP contribution in [0.1, 0.15) is 35.7 Å². The Labute approximate surface area is 160 Å². The smallest absolute Gasteiger partial charge is 0.261 e. The van der Waals surface area contributed by atoms with Crippen molar-refractivity contribution in [3.05, 3.63) is 53.6 Å². The summed E-state index contributed by atoms with van der Waals surface area (Å²) in [6.07, 6.45) is 2.02. The summed E-state index contributed by atoms with van der Waals surface area (Å²) in [5, 5.41) is 2.98. The minimum atomic E-state index is -3.80. The second-order valence-electron chi connectivity index (χ2n) is 6.79. The molecule has 1 aliphatic rings. The maximum absolute atomic E-state index is 12.7. The van der Waals surface area contributed by atoms with E-state index in [1.807, 2.05) is 0 Å². The average molecular weight is 388 g/mol. The number of hydrogen-bond donors (Lipinski definition) is 2. The topological polar surface area (TPSA) is 84.5 Å². The predicted octanol–water partition coefficient (Wildman–Crippen LogP) is 3.33. The molecule has 6 nitrogen and oxygen atoms in total. The molecule has 1 fully saturated rings. The van der Waals surface area contributed by atoms with Gasteiger partial charge in [0.05, 0.1) is 12.0 Å². The molecule has 0 unspecified atom stereocenters. The fourth-order valence-electron chi connectivity index (χ4n) is 3.01. The Morgan fingerprint density at radius 2 is 1.89 bits per heavy atom. The lowest BCUT2D eigenvalue weighted by atomic mass is 10.1. The summed E-state index contributed by atoms with van der Waals surface area (Å²) in [7, 11) is -2.26. The number of carbonyl (C=O) groups is 1. The standard InChI is InChI=1S/C20H24N2O4S/c1-4-14-11-19(14)21-20(23)18-12-17(10-5-13(18)2)27(24,25)22-15-6-8-16(26-3)9-7-15/h5-10,12,14,19,22H,4,11H2,1-3H3,(H,21,23)/t14-,19-/m1/s1. The monoisotopic (exact) mass is 388 g/mol. The van der Waals surface area contributed by atoms with Gasteiger partial charge in [0, 0.05) is 17.3 Å². The minimum absolute atomic E-state index is 0.0527. The Morgan fingerprint density at radius 1 is 1.19 bits per heavy atom. The van der Waals surface area contributed by atoms with E-state index >= 15 is 0 Å². The molecule has 27 heavy (non-hydrogen) atoms. The zero-order valence-corrected chi connectivity index (χ0v) is 16.5. The van der Waals surface area contributed by atoms with Gasteiger partial charge >= 0.3 is 0 Å². The van der Waals surface area contributed by atoms with Crippen LogP contribution in [0, 0.1) is 12.8 Å².